The lowest BCUT2D eigenvalue weighted by atomic mass is 9.80. The predicted octanol–water partition coefficient (Wildman–Crippen LogP) is 10.6. The van der Waals surface area contributed by atoms with Crippen molar-refractivity contribution >= 4 is 0 Å². The van der Waals surface area contributed by atoms with Crippen LogP contribution >= 0.6 is 0 Å². The van der Waals surface area contributed by atoms with Gasteiger partial charge >= 0.3 is 0 Å². The van der Waals surface area contributed by atoms with Gasteiger partial charge in [0.15, 0.2) is 0 Å². The van der Waals surface area contributed by atoms with Crippen molar-refractivity contribution in [3.8, 4) is 33.8 Å². The van der Waals surface area contributed by atoms with Gasteiger partial charge < -0.3 is 14.2 Å². The highest BCUT2D eigenvalue weighted by molar-refractivity contribution is 5.82. The summed E-state index contributed by atoms with van der Waals surface area (Å²) in [7, 11) is 0. The van der Waals surface area contributed by atoms with Crippen molar-refractivity contribution in [3.63, 3.8) is 0 Å². The van der Waals surface area contributed by atoms with E-state index in [1.54, 1.807) is 0 Å². The van der Waals surface area contributed by atoms with Gasteiger partial charge in [0.1, 0.15) is 18.1 Å². The maximum absolute atomic E-state index is 6.60. The van der Waals surface area contributed by atoms with E-state index in [2.05, 4.69) is 136 Å². The molecule has 0 aliphatic heterocycles. The molecule has 0 fully saturated rings. The highest BCUT2D eigenvalue weighted by atomic mass is 16.7. The zero-order chi connectivity index (χ0) is 31.1. The second-order valence-corrected chi connectivity index (χ2v) is 12.5. The molecule has 45 heavy (non-hydrogen) atoms. The summed E-state index contributed by atoms with van der Waals surface area (Å²) in [6.45, 7) is 7.65. The lowest BCUT2D eigenvalue weighted by molar-refractivity contribution is -0.101. The molecule has 0 saturated carbocycles. The highest BCUT2D eigenvalue weighted by Gasteiger charge is 2.37. The summed E-state index contributed by atoms with van der Waals surface area (Å²) in [6, 6.07) is 44.6. The molecule has 0 N–H and O–H groups in total. The summed E-state index contributed by atoms with van der Waals surface area (Å²) in [5.74, 6) is 2.23. The Kier molecular flexibility index (Phi) is 9.66. The third-order valence-electron chi connectivity index (χ3n) is 9.38. The summed E-state index contributed by atoms with van der Waals surface area (Å²) in [6.07, 6.45) is 3.65. The molecule has 0 heterocycles. The maximum Gasteiger partial charge on any atom is 0.200 e. The fourth-order valence-corrected chi connectivity index (χ4v) is 6.56. The molecule has 3 atom stereocenters. The van der Waals surface area contributed by atoms with Crippen molar-refractivity contribution in [1.82, 2.24) is 0 Å². The van der Waals surface area contributed by atoms with Gasteiger partial charge in [0, 0.05) is 17.5 Å². The molecule has 230 valence electrons. The van der Waals surface area contributed by atoms with Gasteiger partial charge in [0.25, 0.3) is 0 Å². The predicted molar refractivity (Wildman–Crippen MR) is 185 cm³/mol. The summed E-state index contributed by atoms with van der Waals surface area (Å²) in [4.78, 5) is 0. The van der Waals surface area contributed by atoms with Crippen molar-refractivity contribution in [2.45, 2.75) is 64.1 Å². The molecule has 3 unspecified atom stereocenters. The number of para-hydroxylation sites is 1. The zero-order valence-corrected chi connectivity index (χ0v) is 26.7. The van der Waals surface area contributed by atoms with Crippen molar-refractivity contribution < 1.29 is 14.2 Å². The first-order valence-electron chi connectivity index (χ1n) is 16.4. The number of aryl methyl sites for hydroxylation is 1. The topological polar surface area (TPSA) is 27.7 Å². The molecule has 5 aromatic rings. The number of hydrogen-bond donors (Lipinski definition) is 0. The van der Waals surface area contributed by atoms with Crippen LogP contribution in [0.25, 0.3) is 22.3 Å². The zero-order valence-electron chi connectivity index (χ0n) is 26.7. The van der Waals surface area contributed by atoms with Crippen LogP contribution in [0.1, 0.15) is 62.6 Å². The minimum atomic E-state index is -0.405. The summed E-state index contributed by atoms with van der Waals surface area (Å²) < 4.78 is 19.7. The molecule has 0 aromatic heterocycles. The molecule has 3 nitrogen and oxygen atoms in total. The van der Waals surface area contributed by atoms with Crippen LogP contribution in [0.4, 0.5) is 0 Å². The first-order chi connectivity index (χ1) is 22.0. The molecule has 0 radical (unpaired) electrons. The Morgan fingerprint density at radius 3 is 1.96 bits per heavy atom. The average molecular weight is 597 g/mol. The molecular formula is C42H44O3. The van der Waals surface area contributed by atoms with Gasteiger partial charge in [-0.2, -0.15) is 0 Å². The number of rotatable bonds is 13. The molecular weight excluding hydrogens is 552 g/mol. The van der Waals surface area contributed by atoms with Crippen LogP contribution in [0.15, 0.2) is 127 Å². The Morgan fingerprint density at radius 1 is 0.689 bits per heavy atom. The first kappa shape index (κ1) is 30.7. The van der Waals surface area contributed by atoms with E-state index in [1.165, 1.54) is 16.7 Å². The Bertz CT molecular complexity index is 1600. The monoisotopic (exact) mass is 596 g/mol. The minimum Gasteiger partial charge on any atom is -0.490 e. The van der Waals surface area contributed by atoms with Gasteiger partial charge in [-0.3, -0.25) is 0 Å². The average Bonchev–Trinajstić information content (AvgIpc) is 3.43. The summed E-state index contributed by atoms with van der Waals surface area (Å²) >= 11 is 0. The van der Waals surface area contributed by atoms with Crippen LogP contribution in [0, 0.1) is 0 Å². The molecule has 0 saturated heterocycles. The molecule has 0 bridgehead atoms. The Balaban J connectivity index is 1.21. The Morgan fingerprint density at radius 2 is 1.31 bits per heavy atom. The molecule has 6 rings (SSSR count). The van der Waals surface area contributed by atoms with E-state index in [0.717, 1.165) is 59.4 Å². The fourth-order valence-electron chi connectivity index (χ4n) is 6.56. The van der Waals surface area contributed by atoms with E-state index in [4.69, 9.17) is 14.2 Å². The molecule has 3 heteroatoms. The van der Waals surface area contributed by atoms with Crippen LogP contribution in [0.3, 0.4) is 0 Å². The van der Waals surface area contributed by atoms with E-state index in [1.807, 2.05) is 12.1 Å². The SMILES string of the molecule is CCC(C)c1ccc(OC(CC2(C)CCc3ccccc32)OCCOc2c(-c3ccccc3)cccc2-c2ccccc2)cc1. The number of ether oxygens (including phenoxy) is 3. The van der Waals surface area contributed by atoms with Crippen molar-refractivity contribution in [2.24, 2.45) is 0 Å². The van der Waals surface area contributed by atoms with Gasteiger partial charge in [-0.25, -0.2) is 0 Å². The second kappa shape index (κ2) is 14.2. The van der Waals surface area contributed by atoms with Crippen LogP contribution in [-0.2, 0) is 16.6 Å². The van der Waals surface area contributed by atoms with E-state index in [0.29, 0.717) is 19.1 Å². The van der Waals surface area contributed by atoms with E-state index >= 15 is 0 Å². The largest absolute Gasteiger partial charge is 0.490 e. The maximum atomic E-state index is 6.60. The third kappa shape index (κ3) is 7.16. The quantitative estimate of drug-likeness (QED) is 0.1000. The van der Waals surface area contributed by atoms with Crippen molar-refractivity contribution in [2.75, 3.05) is 13.2 Å². The molecule has 0 spiro atoms. The Hall–Kier alpha value is -4.34. The lowest BCUT2D eigenvalue weighted by Gasteiger charge is -2.31. The fraction of sp³-hybridized carbons (Fsp3) is 0.286. The second-order valence-electron chi connectivity index (χ2n) is 12.5. The minimum absolute atomic E-state index is 0.0147. The lowest BCUT2D eigenvalue weighted by Crippen LogP contribution is -2.32. The first-order valence-corrected chi connectivity index (χ1v) is 16.4. The summed E-state index contributed by atoms with van der Waals surface area (Å²) in [5.41, 5.74) is 8.56. The van der Waals surface area contributed by atoms with Crippen LogP contribution in [0.2, 0.25) is 0 Å². The Labute approximate surface area is 268 Å². The third-order valence-corrected chi connectivity index (χ3v) is 9.38. The van der Waals surface area contributed by atoms with Crippen LogP contribution in [0.5, 0.6) is 11.5 Å². The van der Waals surface area contributed by atoms with E-state index in [-0.39, 0.29) is 5.41 Å². The van der Waals surface area contributed by atoms with Gasteiger partial charge in [0.2, 0.25) is 6.29 Å². The van der Waals surface area contributed by atoms with Crippen LogP contribution < -0.4 is 9.47 Å². The highest BCUT2D eigenvalue weighted by Crippen LogP contribution is 2.43. The van der Waals surface area contributed by atoms with Gasteiger partial charge in [-0.1, -0.05) is 136 Å². The number of benzene rings is 5. The van der Waals surface area contributed by atoms with Gasteiger partial charge in [-0.15, -0.1) is 0 Å². The standard InChI is InChI=1S/C42H44O3/c1-4-31(2)32-22-24-36(25-23-32)45-40(30-42(3)27-26-35-18-11-12-21-39(35)42)43-28-29-44-41-37(33-14-7-5-8-15-33)19-13-20-38(41)34-16-9-6-10-17-34/h5-25,31,40H,4,26-30H2,1-3H3. The van der Waals surface area contributed by atoms with Gasteiger partial charge in [0.05, 0.1) is 6.61 Å². The number of fused-ring (bicyclic) bond motifs is 1. The molecule has 0 amide bonds. The molecule has 1 aliphatic carbocycles. The van der Waals surface area contributed by atoms with E-state index < -0.39 is 6.29 Å². The molecule has 1 aliphatic rings. The normalized spacial score (nSPS) is 17.0. The van der Waals surface area contributed by atoms with Crippen LogP contribution in [-0.4, -0.2) is 19.5 Å². The number of hydrogen-bond acceptors (Lipinski definition) is 3. The van der Waals surface area contributed by atoms with E-state index in [9.17, 15) is 0 Å². The summed E-state index contributed by atoms with van der Waals surface area (Å²) in [5, 5.41) is 0. The van der Waals surface area contributed by atoms with Crippen molar-refractivity contribution in [1.29, 1.82) is 0 Å². The smallest absolute Gasteiger partial charge is 0.200 e. The van der Waals surface area contributed by atoms with Gasteiger partial charge in [-0.05, 0) is 70.5 Å². The van der Waals surface area contributed by atoms with Crippen molar-refractivity contribution in [3.05, 3.63) is 144 Å². The molecule has 5 aromatic carbocycles.